The first-order valence-corrected chi connectivity index (χ1v) is 13.7. The van der Waals surface area contributed by atoms with Crippen LogP contribution in [0.15, 0.2) is 11.6 Å². The summed E-state index contributed by atoms with van der Waals surface area (Å²) in [6.45, 7) is 15.1. The molecule has 0 spiro atoms. The van der Waals surface area contributed by atoms with E-state index in [9.17, 15) is 24.6 Å². The fourth-order valence-electron chi connectivity index (χ4n) is 10.3. The van der Waals surface area contributed by atoms with Crippen molar-refractivity contribution in [3.8, 4) is 0 Å². The molecule has 0 heterocycles. The molecule has 0 saturated heterocycles. The Kier molecular flexibility index (Phi) is 5.09. The molecule has 2 N–H and O–H groups in total. The van der Waals surface area contributed by atoms with Gasteiger partial charge in [-0.1, -0.05) is 60.1 Å². The normalized spacial score (nSPS) is 50.2. The number of carbonyl (C=O) groups is 3. The summed E-state index contributed by atoms with van der Waals surface area (Å²) in [7, 11) is 0. The first-order chi connectivity index (χ1) is 16.0. The molecule has 0 amide bonds. The minimum Gasteiger partial charge on any atom is -0.481 e. The Bertz CT molecular complexity index is 1040. The number of Topliss-reactive ketones (excluding diaryl/α,β-unsaturated/α-hetero) is 2. The van der Waals surface area contributed by atoms with Gasteiger partial charge in [-0.15, -0.1) is 0 Å². The molecule has 5 aliphatic rings. The van der Waals surface area contributed by atoms with E-state index in [0.717, 1.165) is 31.3 Å². The summed E-state index contributed by atoms with van der Waals surface area (Å²) >= 11 is 0. The first kappa shape index (κ1) is 25.2. The number of rotatable bonds is 1. The van der Waals surface area contributed by atoms with Crippen LogP contribution < -0.4 is 0 Å². The quantitative estimate of drug-likeness (QED) is 0.473. The summed E-state index contributed by atoms with van der Waals surface area (Å²) in [6.07, 6.45) is 6.43. The van der Waals surface area contributed by atoms with Gasteiger partial charge in [0.15, 0.2) is 0 Å². The highest BCUT2D eigenvalue weighted by molar-refractivity contribution is 5.92. The highest BCUT2D eigenvalue weighted by Crippen LogP contribution is 2.75. The molecule has 5 nitrogen and oxygen atoms in total. The van der Waals surface area contributed by atoms with Gasteiger partial charge in [0.25, 0.3) is 0 Å². The zero-order valence-corrected chi connectivity index (χ0v) is 22.7. The molecule has 0 bridgehead atoms. The summed E-state index contributed by atoms with van der Waals surface area (Å²) in [6, 6.07) is 0. The number of aliphatic hydroxyl groups excluding tert-OH is 1. The Morgan fingerprint density at radius 2 is 1.60 bits per heavy atom. The summed E-state index contributed by atoms with van der Waals surface area (Å²) < 4.78 is 0. The Balaban J connectivity index is 1.66. The number of aliphatic carboxylic acids is 1. The first-order valence-electron chi connectivity index (χ1n) is 13.7. The van der Waals surface area contributed by atoms with Gasteiger partial charge in [-0.3, -0.25) is 14.4 Å². The van der Waals surface area contributed by atoms with Gasteiger partial charge in [0.2, 0.25) is 0 Å². The van der Waals surface area contributed by atoms with Crippen molar-refractivity contribution in [3.05, 3.63) is 11.6 Å². The van der Waals surface area contributed by atoms with Crippen LogP contribution in [-0.4, -0.2) is 33.9 Å². The van der Waals surface area contributed by atoms with E-state index in [1.165, 1.54) is 0 Å². The zero-order chi connectivity index (χ0) is 26.0. The Morgan fingerprint density at radius 1 is 0.943 bits per heavy atom. The predicted octanol–water partition coefficient (Wildman–Crippen LogP) is 5.59. The van der Waals surface area contributed by atoms with Crippen molar-refractivity contribution < 1.29 is 24.6 Å². The lowest BCUT2D eigenvalue weighted by Gasteiger charge is -2.71. The van der Waals surface area contributed by atoms with E-state index in [4.69, 9.17) is 0 Å². The third-order valence-electron chi connectivity index (χ3n) is 12.7. The van der Waals surface area contributed by atoms with Crippen molar-refractivity contribution in [2.75, 3.05) is 0 Å². The highest BCUT2D eigenvalue weighted by atomic mass is 16.4. The topological polar surface area (TPSA) is 91.7 Å². The Morgan fingerprint density at radius 3 is 2.23 bits per heavy atom. The molecule has 5 aliphatic carbocycles. The SMILES string of the molecule is CC1(C)C[C@H]2C3=C[C@@H](O)[C@@H]4[C@@]5(C)CCC(=O)C(C)(C)C5CC[C@@]4(C)[C@]3(C)CC[C@@]2(C(=O)O)CC1=O. The van der Waals surface area contributed by atoms with E-state index in [2.05, 4.69) is 34.6 Å². The monoisotopic (exact) mass is 484 g/mol. The molecular weight excluding hydrogens is 440 g/mol. The lowest BCUT2D eigenvalue weighted by atomic mass is 9.33. The Labute approximate surface area is 210 Å². The summed E-state index contributed by atoms with van der Waals surface area (Å²) in [5, 5.41) is 22.3. The van der Waals surface area contributed by atoms with Crippen LogP contribution >= 0.6 is 0 Å². The van der Waals surface area contributed by atoms with Crippen molar-refractivity contribution in [3.63, 3.8) is 0 Å². The van der Waals surface area contributed by atoms with Crippen LogP contribution in [0.1, 0.15) is 99.8 Å². The average molecular weight is 485 g/mol. The van der Waals surface area contributed by atoms with E-state index < -0.39 is 28.3 Å². The second-order valence-corrected chi connectivity index (χ2v) is 14.8. The van der Waals surface area contributed by atoms with Crippen LogP contribution in [-0.2, 0) is 14.4 Å². The van der Waals surface area contributed by atoms with Crippen LogP contribution in [0.5, 0.6) is 0 Å². The average Bonchev–Trinajstić information content (AvgIpc) is 2.73. The number of allylic oxidation sites excluding steroid dienone is 1. The van der Waals surface area contributed by atoms with Gasteiger partial charge in [-0.05, 0) is 66.6 Å². The zero-order valence-electron chi connectivity index (χ0n) is 22.7. The van der Waals surface area contributed by atoms with Crippen LogP contribution in [0.2, 0.25) is 0 Å². The van der Waals surface area contributed by atoms with Gasteiger partial charge >= 0.3 is 5.97 Å². The van der Waals surface area contributed by atoms with E-state index >= 15 is 0 Å². The van der Waals surface area contributed by atoms with Gasteiger partial charge in [0.05, 0.1) is 11.5 Å². The second-order valence-electron chi connectivity index (χ2n) is 14.8. The molecule has 35 heavy (non-hydrogen) atoms. The maximum atomic E-state index is 13.0. The van der Waals surface area contributed by atoms with Gasteiger partial charge in [-0.2, -0.15) is 0 Å². The fraction of sp³-hybridized carbons (Fsp3) is 0.833. The van der Waals surface area contributed by atoms with Crippen LogP contribution in [0.4, 0.5) is 0 Å². The third kappa shape index (κ3) is 2.88. The smallest absolute Gasteiger partial charge is 0.310 e. The number of hydrogen-bond donors (Lipinski definition) is 2. The van der Waals surface area contributed by atoms with E-state index in [1.54, 1.807) is 0 Å². The number of carboxylic acid groups (broad SMARTS) is 1. The van der Waals surface area contributed by atoms with Crippen LogP contribution in [0.3, 0.4) is 0 Å². The van der Waals surface area contributed by atoms with Gasteiger partial charge in [-0.25, -0.2) is 0 Å². The number of hydrogen-bond acceptors (Lipinski definition) is 4. The van der Waals surface area contributed by atoms with Gasteiger partial charge in [0.1, 0.15) is 11.6 Å². The predicted molar refractivity (Wildman–Crippen MR) is 133 cm³/mol. The Hall–Kier alpha value is -1.49. The summed E-state index contributed by atoms with van der Waals surface area (Å²) in [5.41, 5.74) is -1.53. The van der Waals surface area contributed by atoms with E-state index in [-0.39, 0.29) is 46.2 Å². The number of carbonyl (C=O) groups excluding carboxylic acids is 2. The minimum atomic E-state index is -1.07. The molecule has 0 aliphatic heterocycles. The molecule has 5 heteroatoms. The summed E-state index contributed by atoms with van der Waals surface area (Å²) in [5.74, 6) is -0.466. The van der Waals surface area contributed by atoms with E-state index in [1.807, 2.05) is 19.9 Å². The second kappa shape index (κ2) is 7.08. The maximum Gasteiger partial charge on any atom is 0.310 e. The molecule has 0 aromatic heterocycles. The number of fused-ring (bicyclic) bond motifs is 7. The number of carboxylic acids is 1. The highest BCUT2D eigenvalue weighted by Gasteiger charge is 2.71. The molecule has 194 valence electrons. The van der Waals surface area contributed by atoms with Crippen molar-refractivity contribution >= 4 is 17.5 Å². The van der Waals surface area contributed by atoms with Crippen molar-refractivity contribution in [2.24, 2.45) is 50.2 Å². The van der Waals surface area contributed by atoms with E-state index in [0.29, 0.717) is 25.0 Å². The molecule has 0 aromatic carbocycles. The molecule has 8 atom stereocenters. The molecule has 0 radical (unpaired) electrons. The largest absolute Gasteiger partial charge is 0.481 e. The number of ketones is 2. The minimum absolute atomic E-state index is 0.0189. The molecule has 1 unspecified atom stereocenters. The fourth-order valence-corrected chi connectivity index (χ4v) is 10.3. The van der Waals surface area contributed by atoms with Crippen molar-refractivity contribution in [1.29, 1.82) is 0 Å². The lowest BCUT2D eigenvalue weighted by Crippen LogP contribution is -2.67. The molecular formula is C30H44O5. The third-order valence-corrected chi connectivity index (χ3v) is 12.7. The molecule has 0 aromatic rings. The summed E-state index contributed by atoms with van der Waals surface area (Å²) in [4.78, 5) is 38.7. The van der Waals surface area contributed by atoms with Crippen LogP contribution in [0, 0.1) is 50.2 Å². The molecule has 4 fully saturated rings. The molecule has 5 rings (SSSR count). The van der Waals surface area contributed by atoms with Crippen LogP contribution in [0.25, 0.3) is 0 Å². The lowest BCUT2D eigenvalue weighted by molar-refractivity contribution is -0.208. The maximum absolute atomic E-state index is 13.0. The standard InChI is InChI=1S/C30H44O5/c1-25(2)15-18-17-14-19(31)23-27(5)10-9-21(32)26(3,4)20(27)8-11-29(23,7)28(17,6)12-13-30(18,24(34)35)16-22(25)33/h14,18-20,23,31H,8-13,15-16H2,1-7H3,(H,34,35)/t18-,19+,20?,23+,27-,28+,29+,30+/m0/s1. The van der Waals surface area contributed by atoms with Crippen molar-refractivity contribution in [1.82, 2.24) is 0 Å². The van der Waals surface area contributed by atoms with Gasteiger partial charge in [0, 0.05) is 29.6 Å². The molecule has 4 saturated carbocycles. The van der Waals surface area contributed by atoms with Crippen molar-refractivity contribution in [2.45, 2.75) is 106 Å². The number of aliphatic hydroxyl groups is 1. The van der Waals surface area contributed by atoms with Gasteiger partial charge < -0.3 is 10.2 Å².